The molecule has 3 aromatic carbocycles. The van der Waals surface area contributed by atoms with Crippen LogP contribution in [0.25, 0.3) is 0 Å². The highest BCUT2D eigenvalue weighted by Gasteiger charge is 2.46. The van der Waals surface area contributed by atoms with Gasteiger partial charge < -0.3 is 4.90 Å². The van der Waals surface area contributed by atoms with Gasteiger partial charge in [0.2, 0.25) is 5.91 Å². The molecule has 1 heterocycles. The molecule has 0 bridgehead atoms. The standard InChI is InChI=1S/C25H19BrClN3O5/c1-15(16-5-3-2-4-6-16)28(24(32)17-7-12-20(27)21(13-17)30(34)35)22-14-23(31)29(25(22)33)19-10-8-18(26)9-11-19/h2-13,15,22H,14H2,1H3. The first-order valence-electron chi connectivity index (χ1n) is 10.6. The number of carbonyl (C=O) groups is 3. The van der Waals surface area contributed by atoms with Crippen molar-refractivity contribution in [2.45, 2.75) is 25.4 Å². The molecule has 1 aliphatic heterocycles. The first kappa shape index (κ1) is 24.6. The molecule has 1 fully saturated rings. The quantitative estimate of drug-likeness (QED) is 0.225. The van der Waals surface area contributed by atoms with Gasteiger partial charge in [0.25, 0.3) is 17.5 Å². The van der Waals surface area contributed by atoms with E-state index in [-0.39, 0.29) is 17.0 Å². The number of nitrogens with zero attached hydrogens (tertiary/aromatic N) is 3. The second-order valence-corrected chi connectivity index (χ2v) is 9.31. The molecule has 1 saturated heterocycles. The molecule has 0 radical (unpaired) electrons. The highest BCUT2D eigenvalue weighted by molar-refractivity contribution is 9.10. The fraction of sp³-hybridized carbons (Fsp3) is 0.160. The zero-order valence-corrected chi connectivity index (χ0v) is 20.8. The van der Waals surface area contributed by atoms with Crippen LogP contribution in [-0.4, -0.2) is 33.6 Å². The van der Waals surface area contributed by atoms with Crippen molar-refractivity contribution >= 4 is 56.6 Å². The van der Waals surface area contributed by atoms with E-state index in [0.717, 1.165) is 21.0 Å². The fourth-order valence-electron chi connectivity index (χ4n) is 4.11. The number of imide groups is 1. The van der Waals surface area contributed by atoms with Crippen molar-refractivity contribution < 1.29 is 19.3 Å². The Labute approximate surface area is 214 Å². The molecule has 4 rings (SSSR count). The predicted molar refractivity (Wildman–Crippen MR) is 134 cm³/mol. The van der Waals surface area contributed by atoms with Crippen LogP contribution >= 0.6 is 27.5 Å². The number of hydrogen-bond acceptors (Lipinski definition) is 5. The summed E-state index contributed by atoms with van der Waals surface area (Å²) >= 11 is 9.26. The van der Waals surface area contributed by atoms with Gasteiger partial charge in [-0.1, -0.05) is 57.9 Å². The molecule has 8 nitrogen and oxygen atoms in total. The highest BCUT2D eigenvalue weighted by Crippen LogP contribution is 2.34. The van der Waals surface area contributed by atoms with Crippen LogP contribution in [0.2, 0.25) is 5.02 Å². The molecule has 3 aromatic rings. The molecule has 3 amide bonds. The number of carbonyl (C=O) groups excluding carboxylic acids is 3. The Morgan fingerprint density at radius 1 is 1.11 bits per heavy atom. The van der Waals surface area contributed by atoms with E-state index in [1.807, 2.05) is 18.2 Å². The summed E-state index contributed by atoms with van der Waals surface area (Å²) in [5.41, 5.74) is 0.709. The molecule has 0 saturated carbocycles. The van der Waals surface area contributed by atoms with Crippen LogP contribution < -0.4 is 4.90 Å². The SMILES string of the molecule is CC(c1ccccc1)N(C(=O)c1ccc(Cl)c([N+](=O)[O-])c1)C1CC(=O)N(c2ccc(Br)cc2)C1=O. The Morgan fingerprint density at radius 3 is 2.40 bits per heavy atom. The average Bonchev–Trinajstić information content (AvgIpc) is 3.13. The smallest absolute Gasteiger partial charge is 0.288 e. The Morgan fingerprint density at radius 2 is 1.77 bits per heavy atom. The maximum Gasteiger partial charge on any atom is 0.288 e. The first-order valence-corrected chi connectivity index (χ1v) is 11.8. The summed E-state index contributed by atoms with van der Waals surface area (Å²) in [6.07, 6.45) is -0.215. The Bertz CT molecular complexity index is 1320. The van der Waals surface area contributed by atoms with Gasteiger partial charge in [-0.2, -0.15) is 0 Å². The van der Waals surface area contributed by atoms with Crippen molar-refractivity contribution in [2.24, 2.45) is 0 Å². The van der Waals surface area contributed by atoms with Crippen molar-refractivity contribution in [2.75, 3.05) is 4.90 Å². The lowest BCUT2D eigenvalue weighted by Crippen LogP contribution is -2.46. The summed E-state index contributed by atoms with van der Waals surface area (Å²) in [4.78, 5) is 53.3. The van der Waals surface area contributed by atoms with Crippen molar-refractivity contribution in [3.63, 3.8) is 0 Å². The molecule has 2 unspecified atom stereocenters. The number of nitro groups is 1. The van der Waals surface area contributed by atoms with Crippen molar-refractivity contribution in [3.05, 3.63) is 104 Å². The van der Waals surface area contributed by atoms with Gasteiger partial charge in [0.1, 0.15) is 11.1 Å². The monoisotopic (exact) mass is 555 g/mol. The minimum absolute atomic E-state index is 0.00813. The van der Waals surface area contributed by atoms with Crippen molar-refractivity contribution in [1.82, 2.24) is 4.90 Å². The van der Waals surface area contributed by atoms with Crippen LogP contribution in [0.4, 0.5) is 11.4 Å². The number of halogens is 2. The third-order valence-corrected chi connectivity index (χ3v) is 6.72. The maximum absolute atomic E-state index is 13.7. The second-order valence-electron chi connectivity index (χ2n) is 7.99. The molecule has 10 heteroatoms. The van der Waals surface area contributed by atoms with Gasteiger partial charge in [0.15, 0.2) is 0 Å². The van der Waals surface area contributed by atoms with E-state index in [1.54, 1.807) is 43.3 Å². The third kappa shape index (κ3) is 4.82. The van der Waals surface area contributed by atoms with Gasteiger partial charge in [-0.15, -0.1) is 0 Å². The Balaban J connectivity index is 1.77. The number of hydrogen-bond donors (Lipinski definition) is 0. The van der Waals surface area contributed by atoms with Crippen LogP contribution in [-0.2, 0) is 9.59 Å². The van der Waals surface area contributed by atoms with E-state index in [9.17, 15) is 24.5 Å². The molecular weight excluding hydrogens is 538 g/mol. The zero-order valence-electron chi connectivity index (χ0n) is 18.4. The van der Waals surface area contributed by atoms with Gasteiger partial charge in [0, 0.05) is 16.1 Å². The number of nitro benzene ring substituents is 1. The van der Waals surface area contributed by atoms with E-state index in [2.05, 4.69) is 15.9 Å². The normalized spacial score (nSPS) is 16.3. The largest absolute Gasteiger partial charge is 0.319 e. The lowest BCUT2D eigenvalue weighted by atomic mass is 10.0. The zero-order chi connectivity index (χ0) is 25.3. The average molecular weight is 557 g/mol. The third-order valence-electron chi connectivity index (χ3n) is 5.87. The Kier molecular flexibility index (Phi) is 7.00. The molecule has 0 aromatic heterocycles. The van der Waals surface area contributed by atoms with Crippen LogP contribution in [0, 0.1) is 10.1 Å². The van der Waals surface area contributed by atoms with Crippen LogP contribution in [0.5, 0.6) is 0 Å². The predicted octanol–water partition coefficient (Wildman–Crippen LogP) is 5.55. The summed E-state index contributed by atoms with van der Waals surface area (Å²) in [5, 5.41) is 11.3. The molecule has 0 aliphatic carbocycles. The van der Waals surface area contributed by atoms with Crippen LogP contribution in [0.1, 0.15) is 35.3 Å². The summed E-state index contributed by atoms with van der Waals surface area (Å²) < 4.78 is 0.788. The summed E-state index contributed by atoms with van der Waals surface area (Å²) in [5.74, 6) is -1.61. The Hall–Kier alpha value is -3.56. The van der Waals surface area contributed by atoms with E-state index in [4.69, 9.17) is 11.6 Å². The molecule has 2 atom stereocenters. The van der Waals surface area contributed by atoms with E-state index in [1.165, 1.54) is 17.0 Å². The molecule has 1 aliphatic rings. The first-order chi connectivity index (χ1) is 16.7. The van der Waals surface area contributed by atoms with Gasteiger partial charge in [-0.05, 0) is 48.9 Å². The molecular formula is C25H19BrClN3O5. The number of anilines is 1. The van der Waals surface area contributed by atoms with Crippen molar-refractivity contribution in [3.8, 4) is 0 Å². The molecule has 0 N–H and O–H groups in total. The summed E-state index contributed by atoms with van der Waals surface area (Å²) in [6, 6.07) is 17.8. The highest BCUT2D eigenvalue weighted by atomic mass is 79.9. The van der Waals surface area contributed by atoms with Crippen LogP contribution in [0.15, 0.2) is 77.3 Å². The van der Waals surface area contributed by atoms with E-state index < -0.39 is 40.4 Å². The number of amides is 3. The molecule has 178 valence electrons. The lowest BCUT2D eigenvalue weighted by Gasteiger charge is -2.33. The minimum Gasteiger partial charge on any atom is -0.319 e. The summed E-state index contributed by atoms with van der Waals surface area (Å²) in [7, 11) is 0. The summed E-state index contributed by atoms with van der Waals surface area (Å²) in [6.45, 7) is 1.75. The van der Waals surface area contributed by atoms with E-state index in [0.29, 0.717) is 5.69 Å². The second kappa shape index (κ2) is 9.97. The van der Waals surface area contributed by atoms with Gasteiger partial charge >= 0.3 is 0 Å². The topological polar surface area (TPSA) is 101 Å². The van der Waals surface area contributed by atoms with Gasteiger partial charge in [-0.25, -0.2) is 4.90 Å². The number of rotatable bonds is 6. The maximum atomic E-state index is 13.7. The van der Waals surface area contributed by atoms with Gasteiger partial charge in [-0.3, -0.25) is 24.5 Å². The lowest BCUT2D eigenvalue weighted by molar-refractivity contribution is -0.384. The fourth-order valence-corrected chi connectivity index (χ4v) is 4.56. The van der Waals surface area contributed by atoms with Gasteiger partial charge in [0.05, 0.1) is 23.1 Å². The van der Waals surface area contributed by atoms with Crippen molar-refractivity contribution in [1.29, 1.82) is 0 Å². The minimum atomic E-state index is -1.09. The number of benzene rings is 3. The van der Waals surface area contributed by atoms with E-state index >= 15 is 0 Å². The molecule has 35 heavy (non-hydrogen) atoms. The van der Waals surface area contributed by atoms with Crippen LogP contribution in [0.3, 0.4) is 0 Å². The molecule has 0 spiro atoms.